The van der Waals surface area contributed by atoms with Crippen LogP contribution < -0.4 is 4.74 Å². The molecule has 0 fully saturated rings. The van der Waals surface area contributed by atoms with E-state index in [-0.39, 0.29) is 23.7 Å². The highest BCUT2D eigenvalue weighted by Gasteiger charge is 2.31. The highest BCUT2D eigenvalue weighted by molar-refractivity contribution is 5.92. The van der Waals surface area contributed by atoms with E-state index in [0.717, 1.165) is 0 Å². The van der Waals surface area contributed by atoms with Crippen LogP contribution in [0, 0.1) is 0 Å². The van der Waals surface area contributed by atoms with E-state index in [1.54, 1.807) is 4.90 Å². The molecule has 1 aromatic carbocycles. The Morgan fingerprint density at radius 2 is 1.88 bits per heavy atom. The normalized spacial score (nSPS) is 12.5. The second kappa shape index (κ2) is 7.16. The Kier molecular flexibility index (Phi) is 5.39. The Labute approximate surface area is 143 Å². The zero-order valence-corrected chi connectivity index (χ0v) is 14.4. The number of halogens is 3. The van der Waals surface area contributed by atoms with Gasteiger partial charge in [0.05, 0.1) is 11.0 Å². The van der Waals surface area contributed by atoms with Gasteiger partial charge in [0.15, 0.2) is 0 Å². The van der Waals surface area contributed by atoms with Crippen molar-refractivity contribution < 1.29 is 22.7 Å². The van der Waals surface area contributed by atoms with Gasteiger partial charge in [-0.15, -0.1) is 13.2 Å². The fourth-order valence-electron chi connectivity index (χ4n) is 2.63. The van der Waals surface area contributed by atoms with Crippen LogP contribution in [0.15, 0.2) is 24.3 Å². The van der Waals surface area contributed by atoms with Crippen molar-refractivity contribution in [3.8, 4) is 5.75 Å². The van der Waals surface area contributed by atoms with Gasteiger partial charge in [0.25, 0.3) is 0 Å². The first kappa shape index (κ1) is 18.8. The predicted molar refractivity (Wildman–Crippen MR) is 88.9 cm³/mol. The fraction of sp³-hybridized carbons (Fsp3) is 0.412. The third-order valence-electron chi connectivity index (χ3n) is 3.46. The molecule has 2 aromatic rings. The van der Waals surface area contributed by atoms with E-state index < -0.39 is 6.36 Å². The third kappa shape index (κ3) is 4.98. The minimum atomic E-state index is -4.75. The highest BCUT2D eigenvalue weighted by Crippen LogP contribution is 2.25. The standard InChI is InChI=1S/C17H20F3N3O2/c1-10(2)23(11(3)4)16(24)8-7-15-21-13-6-5-12(9-14(13)22-15)25-17(18,19)20/h5-11H,1-4H3,(H,21,22). The average molecular weight is 355 g/mol. The van der Waals surface area contributed by atoms with Crippen LogP contribution in [0.2, 0.25) is 0 Å². The topological polar surface area (TPSA) is 58.2 Å². The summed E-state index contributed by atoms with van der Waals surface area (Å²) in [5.41, 5.74) is 0.865. The molecule has 8 heteroatoms. The van der Waals surface area contributed by atoms with Crippen molar-refractivity contribution in [3.63, 3.8) is 0 Å². The molecule has 0 aliphatic rings. The minimum Gasteiger partial charge on any atom is -0.406 e. The van der Waals surface area contributed by atoms with Crippen molar-refractivity contribution >= 4 is 23.0 Å². The number of nitrogens with zero attached hydrogens (tertiary/aromatic N) is 2. The second-order valence-electron chi connectivity index (χ2n) is 6.12. The number of hydrogen-bond acceptors (Lipinski definition) is 3. The van der Waals surface area contributed by atoms with E-state index >= 15 is 0 Å². The van der Waals surface area contributed by atoms with Crippen LogP contribution in [0.25, 0.3) is 17.1 Å². The van der Waals surface area contributed by atoms with Crippen molar-refractivity contribution in [1.29, 1.82) is 0 Å². The van der Waals surface area contributed by atoms with Gasteiger partial charge in [-0.3, -0.25) is 4.79 Å². The van der Waals surface area contributed by atoms with Crippen LogP contribution in [0.4, 0.5) is 13.2 Å². The number of H-pyrrole nitrogens is 1. The molecular weight excluding hydrogens is 335 g/mol. The number of nitrogens with one attached hydrogen (secondary N) is 1. The summed E-state index contributed by atoms with van der Waals surface area (Å²) in [6.45, 7) is 7.70. The summed E-state index contributed by atoms with van der Waals surface area (Å²) in [4.78, 5) is 21.1. The number of alkyl halides is 3. The number of aromatic nitrogens is 2. The Balaban J connectivity index is 2.20. The molecule has 25 heavy (non-hydrogen) atoms. The Morgan fingerprint density at radius 3 is 2.44 bits per heavy atom. The molecule has 0 unspecified atom stereocenters. The lowest BCUT2D eigenvalue weighted by atomic mass is 10.2. The summed E-state index contributed by atoms with van der Waals surface area (Å²) in [5, 5.41) is 0. The fourth-order valence-corrected chi connectivity index (χ4v) is 2.63. The van der Waals surface area contributed by atoms with Crippen LogP contribution in [-0.4, -0.2) is 39.2 Å². The molecule has 1 N–H and O–H groups in total. The zero-order chi connectivity index (χ0) is 18.8. The lowest BCUT2D eigenvalue weighted by molar-refractivity contribution is -0.274. The van der Waals surface area contributed by atoms with Crippen molar-refractivity contribution in [1.82, 2.24) is 14.9 Å². The highest BCUT2D eigenvalue weighted by atomic mass is 19.4. The Hall–Kier alpha value is -2.51. The molecule has 0 radical (unpaired) electrons. The smallest absolute Gasteiger partial charge is 0.406 e. The van der Waals surface area contributed by atoms with Crippen molar-refractivity contribution in [2.24, 2.45) is 0 Å². The van der Waals surface area contributed by atoms with Gasteiger partial charge in [-0.05, 0) is 45.9 Å². The monoisotopic (exact) mass is 355 g/mol. The first-order chi connectivity index (χ1) is 11.6. The first-order valence-electron chi connectivity index (χ1n) is 7.82. The quantitative estimate of drug-likeness (QED) is 0.821. The maximum Gasteiger partial charge on any atom is 0.573 e. The maximum absolute atomic E-state index is 12.3. The number of rotatable bonds is 5. The number of fused-ring (bicyclic) bond motifs is 1. The van der Waals surface area contributed by atoms with Crippen molar-refractivity contribution in [2.45, 2.75) is 46.1 Å². The molecule has 1 amide bonds. The number of ether oxygens (including phenoxy) is 1. The summed E-state index contributed by atoms with van der Waals surface area (Å²) in [7, 11) is 0. The molecule has 0 saturated heterocycles. The predicted octanol–water partition coefficient (Wildman–Crippen LogP) is 4.12. The van der Waals surface area contributed by atoms with E-state index in [4.69, 9.17) is 0 Å². The number of imidazole rings is 1. The molecule has 0 spiro atoms. The van der Waals surface area contributed by atoms with Crippen molar-refractivity contribution in [3.05, 3.63) is 30.1 Å². The van der Waals surface area contributed by atoms with Crippen LogP contribution in [0.5, 0.6) is 5.75 Å². The molecule has 1 aromatic heterocycles. The van der Waals surface area contributed by atoms with E-state index in [1.807, 2.05) is 27.7 Å². The molecule has 0 atom stereocenters. The number of carbonyl (C=O) groups is 1. The van der Waals surface area contributed by atoms with Crippen LogP contribution >= 0.6 is 0 Å². The lowest BCUT2D eigenvalue weighted by Gasteiger charge is -2.29. The molecule has 0 aliphatic carbocycles. The average Bonchev–Trinajstić information content (AvgIpc) is 2.84. The van der Waals surface area contributed by atoms with Gasteiger partial charge in [-0.25, -0.2) is 4.98 Å². The number of benzene rings is 1. The van der Waals surface area contributed by atoms with Crippen LogP contribution in [0.1, 0.15) is 33.5 Å². The number of aromatic amines is 1. The largest absolute Gasteiger partial charge is 0.573 e. The van der Waals surface area contributed by atoms with Crippen LogP contribution in [0.3, 0.4) is 0 Å². The Bertz CT molecular complexity index is 771. The molecule has 1 heterocycles. The molecule has 5 nitrogen and oxygen atoms in total. The van der Waals surface area contributed by atoms with Gasteiger partial charge in [-0.2, -0.15) is 0 Å². The molecule has 0 bridgehead atoms. The van der Waals surface area contributed by atoms with E-state index in [2.05, 4.69) is 14.7 Å². The Morgan fingerprint density at radius 1 is 1.24 bits per heavy atom. The second-order valence-corrected chi connectivity index (χ2v) is 6.12. The van der Waals surface area contributed by atoms with Gasteiger partial charge in [0, 0.05) is 24.2 Å². The van der Waals surface area contributed by atoms with Gasteiger partial charge in [-0.1, -0.05) is 0 Å². The van der Waals surface area contributed by atoms with E-state index in [0.29, 0.717) is 16.9 Å². The third-order valence-corrected chi connectivity index (χ3v) is 3.46. The van der Waals surface area contributed by atoms with Gasteiger partial charge < -0.3 is 14.6 Å². The van der Waals surface area contributed by atoms with Gasteiger partial charge in [0.2, 0.25) is 5.91 Å². The van der Waals surface area contributed by atoms with Gasteiger partial charge in [0.1, 0.15) is 11.6 Å². The van der Waals surface area contributed by atoms with E-state index in [9.17, 15) is 18.0 Å². The minimum absolute atomic E-state index is 0.0508. The summed E-state index contributed by atoms with van der Waals surface area (Å²) in [5.74, 6) is -0.118. The summed E-state index contributed by atoms with van der Waals surface area (Å²) in [6.07, 6.45) is -1.85. The van der Waals surface area contributed by atoms with Crippen molar-refractivity contribution in [2.75, 3.05) is 0 Å². The number of carbonyl (C=O) groups excluding carboxylic acids is 1. The van der Waals surface area contributed by atoms with Crippen LogP contribution in [-0.2, 0) is 4.79 Å². The maximum atomic E-state index is 12.3. The summed E-state index contributed by atoms with van der Waals surface area (Å²) in [6, 6.07) is 3.92. The molecule has 136 valence electrons. The SMILES string of the molecule is CC(C)N(C(=O)C=Cc1nc2ccc(OC(F)(F)F)cc2[nH]1)C(C)C. The lowest BCUT2D eigenvalue weighted by Crippen LogP contribution is -2.41. The van der Waals surface area contributed by atoms with E-state index in [1.165, 1.54) is 30.4 Å². The summed E-state index contributed by atoms with van der Waals surface area (Å²) < 4.78 is 40.7. The molecular formula is C17H20F3N3O2. The number of amides is 1. The zero-order valence-electron chi connectivity index (χ0n) is 14.4. The first-order valence-corrected chi connectivity index (χ1v) is 7.82. The molecule has 2 rings (SSSR count). The summed E-state index contributed by atoms with van der Waals surface area (Å²) >= 11 is 0. The van der Waals surface area contributed by atoms with Gasteiger partial charge >= 0.3 is 6.36 Å². The molecule has 0 saturated carbocycles. The number of hydrogen-bond donors (Lipinski definition) is 1. The molecule has 0 aliphatic heterocycles.